The van der Waals surface area contributed by atoms with Crippen molar-refractivity contribution in [1.29, 1.82) is 0 Å². The van der Waals surface area contributed by atoms with Crippen molar-refractivity contribution < 1.29 is 29.9 Å². The molecular weight excluding hydrogens is 492 g/mol. The Morgan fingerprint density at radius 2 is 1.72 bits per heavy atom. The van der Waals surface area contributed by atoms with Crippen LogP contribution in [0.1, 0.15) is 105 Å². The molecule has 1 saturated heterocycles. The molecule has 5 rings (SSSR count). The van der Waals surface area contributed by atoms with Crippen molar-refractivity contribution >= 4 is 0 Å². The molecule has 0 aromatic heterocycles. The summed E-state index contributed by atoms with van der Waals surface area (Å²) in [7, 11) is 0. The zero-order valence-corrected chi connectivity index (χ0v) is 25.1. The van der Waals surface area contributed by atoms with E-state index >= 15 is 0 Å². The first-order valence-corrected chi connectivity index (χ1v) is 16.1. The summed E-state index contributed by atoms with van der Waals surface area (Å²) >= 11 is 0. The van der Waals surface area contributed by atoms with Crippen LogP contribution in [0.3, 0.4) is 0 Å². The highest BCUT2D eigenvalue weighted by Crippen LogP contribution is 2.67. The van der Waals surface area contributed by atoms with Crippen LogP contribution in [0, 0.1) is 46.3 Å². The number of allylic oxidation sites excluding steroid dienone is 1. The fraction of sp³-hybridized carbons (Fsp3) is 0.939. The molecule has 224 valence electrons. The summed E-state index contributed by atoms with van der Waals surface area (Å²) in [6.45, 7) is 12.0. The third-order valence-electron chi connectivity index (χ3n) is 12.4. The SMILES string of the molecule is CC(C)CCC[C@@H](C)[C@H]1CC[C@H]2[C@@H]3CC=C4CC(O[C@@H]5O[C@H](CO)[C@H](O)[C@H](O)[C@H]5O)CC[C@]4(C)[C@H]3CC[C@]12C. The molecule has 39 heavy (non-hydrogen) atoms. The summed E-state index contributed by atoms with van der Waals surface area (Å²) in [6.07, 6.45) is 9.98. The highest BCUT2D eigenvalue weighted by Gasteiger charge is 2.59. The lowest BCUT2D eigenvalue weighted by molar-refractivity contribution is -0.313. The largest absolute Gasteiger partial charge is 0.394 e. The van der Waals surface area contributed by atoms with Crippen LogP contribution in [0.2, 0.25) is 0 Å². The number of rotatable bonds is 8. The van der Waals surface area contributed by atoms with E-state index in [1.54, 1.807) is 0 Å². The lowest BCUT2D eigenvalue weighted by atomic mass is 9.47. The molecule has 4 N–H and O–H groups in total. The van der Waals surface area contributed by atoms with Crippen molar-refractivity contribution in [2.24, 2.45) is 46.3 Å². The minimum absolute atomic E-state index is 0.0984. The standard InChI is InChI=1S/C33H56O6/c1-19(2)7-6-8-20(3)24-11-12-25-23-10-9-21-17-22(13-15-32(21,4)26(23)14-16-33(24,25)5)38-31-30(37)29(36)28(35)27(18-34)39-31/h9,19-20,22-31,34-37H,6-8,10-18H2,1-5H3/t20-,22?,23+,24-,25+,26+,27-,28+,29+,30-,31-,32+,33-/m1/s1. The number of hydrogen-bond donors (Lipinski definition) is 4. The maximum Gasteiger partial charge on any atom is 0.186 e. The van der Waals surface area contributed by atoms with Crippen LogP contribution in [-0.4, -0.2) is 63.8 Å². The summed E-state index contributed by atoms with van der Waals surface area (Å²) in [4.78, 5) is 0. The van der Waals surface area contributed by atoms with Gasteiger partial charge in [0, 0.05) is 0 Å². The number of ether oxygens (including phenoxy) is 2. The minimum atomic E-state index is -1.39. The second-order valence-corrected chi connectivity index (χ2v) is 15.0. The Morgan fingerprint density at radius 1 is 0.949 bits per heavy atom. The summed E-state index contributed by atoms with van der Waals surface area (Å²) in [5.74, 6) is 4.87. The van der Waals surface area contributed by atoms with E-state index in [4.69, 9.17) is 9.47 Å². The molecule has 5 aliphatic rings. The second kappa shape index (κ2) is 11.6. The molecule has 6 heteroatoms. The third-order valence-corrected chi connectivity index (χ3v) is 12.4. The number of fused-ring (bicyclic) bond motifs is 5. The number of aliphatic hydroxyl groups is 4. The van der Waals surface area contributed by atoms with E-state index in [1.165, 1.54) is 56.9 Å². The molecule has 0 aromatic carbocycles. The van der Waals surface area contributed by atoms with Gasteiger partial charge in [-0.05, 0) is 97.7 Å². The molecule has 3 saturated carbocycles. The van der Waals surface area contributed by atoms with E-state index in [0.29, 0.717) is 5.41 Å². The Labute approximate surface area is 236 Å². The Kier molecular flexibility index (Phi) is 8.95. The number of hydrogen-bond acceptors (Lipinski definition) is 6. The second-order valence-electron chi connectivity index (χ2n) is 15.0. The highest BCUT2D eigenvalue weighted by molar-refractivity contribution is 5.25. The molecule has 1 unspecified atom stereocenters. The van der Waals surface area contributed by atoms with Crippen molar-refractivity contribution in [1.82, 2.24) is 0 Å². The molecule has 1 aliphatic heterocycles. The van der Waals surface area contributed by atoms with Gasteiger partial charge in [0.1, 0.15) is 24.4 Å². The molecule has 4 fully saturated rings. The molecule has 0 amide bonds. The van der Waals surface area contributed by atoms with Gasteiger partial charge in [-0.1, -0.05) is 65.5 Å². The maximum absolute atomic E-state index is 10.5. The van der Waals surface area contributed by atoms with Crippen molar-refractivity contribution in [3.05, 3.63) is 11.6 Å². The average molecular weight is 549 g/mol. The summed E-state index contributed by atoms with van der Waals surface area (Å²) in [5, 5.41) is 40.3. The van der Waals surface area contributed by atoms with E-state index in [9.17, 15) is 20.4 Å². The summed E-state index contributed by atoms with van der Waals surface area (Å²) in [5.41, 5.74) is 2.20. The van der Waals surface area contributed by atoms with Gasteiger partial charge >= 0.3 is 0 Å². The van der Waals surface area contributed by atoms with Crippen molar-refractivity contribution in [2.75, 3.05) is 6.61 Å². The summed E-state index contributed by atoms with van der Waals surface area (Å²) < 4.78 is 11.9. The molecule has 1 heterocycles. The third kappa shape index (κ3) is 5.41. The molecule has 0 aromatic rings. The van der Waals surface area contributed by atoms with Gasteiger partial charge in [-0.3, -0.25) is 0 Å². The van der Waals surface area contributed by atoms with Crippen LogP contribution in [0.25, 0.3) is 0 Å². The zero-order chi connectivity index (χ0) is 28.1. The molecule has 0 radical (unpaired) electrons. The fourth-order valence-electron chi connectivity index (χ4n) is 10.1. The fourth-order valence-corrected chi connectivity index (χ4v) is 10.1. The smallest absolute Gasteiger partial charge is 0.186 e. The van der Waals surface area contributed by atoms with Gasteiger partial charge in [-0.15, -0.1) is 0 Å². The Morgan fingerprint density at radius 3 is 2.44 bits per heavy atom. The van der Waals surface area contributed by atoms with E-state index in [-0.39, 0.29) is 11.5 Å². The van der Waals surface area contributed by atoms with Gasteiger partial charge in [-0.2, -0.15) is 0 Å². The Hall–Kier alpha value is -0.500. The van der Waals surface area contributed by atoms with E-state index in [1.807, 2.05) is 0 Å². The first-order chi connectivity index (χ1) is 18.5. The predicted molar refractivity (Wildman–Crippen MR) is 152 cm³/mol. The molecule has 13 atom stereocenters. The van der Waals surface area contributed by atoms with Crippen LogP contribution in [0.15, 0.2) is 11.6 Å². The Bertz CT molecular complexity index is 872. The minimum Gasteiger partial charge on any atom is -0.394 e. The number of aliphatic hydroxyl groups excluding tert-OH is 4. The zero-order valence-electron chi connectivity index (χ0n) is 25.1. The topological polar surface area (TPSA) is 99.4 Å². The predicted octanol–water partition coefficient (Wildman–Crippen LogP) is 5.21. The first-order valence-electron chi connectivity index (χ1n) is 16.1. The molecule has 0 spiro atoms. The van der Waals surface area contributed by atoms with Crippen LogP contribution < -0.4 is 0 Å². The first kappa shape index (κ1) is 30.0. The monoisotopic (exact) mass is 548 g/mol. The average Bonchev–Trinajstić information content (AvgIpc) is 3.26. The maximum atomic E-state index is 10.5. The van der Waals surface area contributed by atoms with Crippen LogP contribution in [-0.2, 0) is 9.47 Å². The quantitative estimate of drug-likeness (QED) is 0.311. The van der Waals surface area contributed by atoms with Crippen LogP contribution in [0.5, 0.6) is 0 Å². The normalized spacial score (nSPS) is 48.7. The lowest BCUT2D eigenvalue weighted by Crippen LogP contribution is -2.60. The molecule has 4 aliphatic carbocycles. The van der Waals surface area contributed by atoms with Gasteiger partial charge in [0.05, 0.1) is 12.7 Å². The molecular formula is C33H56O6. The molecule has 0 bridgehead atoms. The van der Waals surface area contributed by atoms with E-state index in [2.05, 4.69) is 40.7 Å². The van der Waals surface area contributed by atoms with Gasteiger partial charge in [0.2, 0.25) is 0 Å². The lowest BCUT2D eigenvalue weighted by Gasteiger charge is -2.58. The van der Waals surface area contributed by atoms with Crippen LogP contribution >= 0.6 is 0 Å². The van der Waals surface area contributed by atoms with Crippen molar-refractivity contribution in [3.8, 4) is 0 Å². The van der Waals surface area contributed by atoms with Gasteiger partial charge in [0.15, 0.2) is 6.29 Å². The Balaban J connectivity index is 1.24. The van der Waals surface area contributed by atoms with Crippen molar-refractivity contribution in [2.45, 2.75) is 142 Å². The summed E-state index contributed by atoms with van der Waals surface area (Å²) in [6, 6.07) is 0. The van der Waals surface area contributed by atoms with Crippen LogP contribution in [0.4, 0.5) is 0 Å². The van der Waals surface area contributed by atoms with Gasteiger partial charge in [-0.25, -0.2) is 0 Å². The van der Waals surface area contributed by atoms with Gasteiger partial charge < -0.3 is 29.9 Å². The molecule has 6 nitrogen and oxygen atoms in total. The highest BCUT2D eigenvalue weighted by atomic mass is 16.7. The van der Waals surface area contributed by atoms with Gasteiger partial charge in [0.25, 0.3) is 0 Å². The van der Waals surface area contributed by atoms with Crippen molar-refractivity contribution in [3.63, 3.8) is 0 Å². The van der Waals surface area contributed by atoms with E-state index in [0.717, 1.165) is 54.8 Å². The van der Waals surface area contributed by atoms with E-state index < -0.39 is 37.3 Å².